The molecule has 0 aliphatic rings. The monoisotopic (exact) mass is 238 g/mol. The molecule has 16 heavy (non-hydrogen) atoms. The van der Waals surface area contributed by atoms with Crippen molar-refractivity contribution in [2.24, 2.45) is 0 Å². The average Bonchev–Trinajstić information content (AvgIpc) is 2.83. The maximum absolute atomic E-state index is 11.4. The zero-order valence-corrected chi connectivity index (χ0v) is 9.92. The van der Waals surface area contributed by atoms with E-state index in [4.69, 9.17) is 4.42 Å². The molecule has 84 valence electrons. The number of ether oxygens (including phenoxy) is 1. The highest BCUT2D eigenvalue weighted by atomic mass is 32.1. The van der Waals surface area contributed by atoms with Crippen molar-refractivity contribution in [1.29, 1.82) is 0 Å². The molecular weight excluding hydrogens is 228 g/mol. The Morgan fingerprint density at radius 2 is 2.25 bits per heavy atom. The number of aromatic nitrogens is 2. The smallest absolute Gasteiger partial charge is 0.360 e. The number of oxazole rings is 1. The van der Waals surface area contributed by atoms with Crippen LogP contribution in [0.5, 0.6) is 0 Å². The van der Waals surface area contributed by atoms with E-state index in [1.165, 1.54) is 13.5 Å². The fraction of sp³-hybridized carbons (Fsp3) is 0.300. The topological polar surface area (TPSA) is 65.2 Å². The van der Waals surface area contributed by atoms with Crippen LogP contribution in [-0.4, -0.2) is 23.0 Å². The number of methoxy groups -OCH3 is 1. The molecule has 0 atom stereocenters. The minimum atomic E-state index is -0.520. The van der Waals surface area contributed by atoms with Gasteiger partial charge >= 0.3 is 5.97 Å². The van der Waals surface area contributed by atoms with Crippen molar-refractivity contribution in [3.05, 3.63) is 22.0 Å². The second-order valence-corrected chi connectivity index (χ2v) is 4.57. The van der Waals surface area contributed by atoms with Gasteiger partial charge in [0.05, 0.1) is 12.1 Å². The van der Waals surface area contributed by atoms with Gasteiger partial charge in [0.15, 0.2) is 17.8 Å². The minimum Gasteiger partial charge on any atom is -0.464 e. The van der Waals surface area contributed by atoms with E-state index >= 15 is 0 Å². The molecule has 0 amide bonds. The van der Waals surface area contributed by atoms with Crippen LogP contribution in [0.15, 0.2) is 10.8 Å². The average molecular weight is 238 g/mol. The van der Waals surface area contributed by atoms with E-state index in [1.807, 2.05) is 13.8 Å². The molecule has 0 radical (unpaired) electrons. The molecule has 2 rings (SSSR count). The molecule has 0 aliphatic heterocycles. The highest BCUT2D eigenvalue weighted by Crippen LogP contribution is 2.29. The fourth-order valence-corrected chi connectivity index (χ4v) is 2.21. The molecule has 0 N–H and O–H groups in total. The molecule has 0 aromatic carbocycles. The first kappa shape index (κ1) is 10.8. The normalized spacial score (nSPS) is 10.4. The molecule has 0 saturated carbocycles. The Labute approximate surface area is 96.1 Å². The highest BCUT2D eigenvalue weighted by molar-refractivity contribution is 7.11. The standard InChI is InChI=1S/C10H10N2O3S/c1-5-7(12-6(2)16-5)9-8(10(13)14-3)11-4-15-9/h4H,1-3H3. The van der Waals surface area contributed by atoms with E-state index in [9.17, 15) is 4.79 Å². The Balaban J connectivity index is 2.52. The quantitative estimate of drug-likeness (QED) is 0.750. The van der Waals surface area contributed by atoms with Gasteiger partial charge in [-0.2, -0.15) is 0 Å². The summed E-state index contributed by atoms with van der Waals surface area (Å²) in [6.07, 6.45) is 1.22. The predicted molar refractivity (Wildman–Crippen MR) is 58.4 cm³/mol. The summed E-state index contributed by atoms with van der Waals surface area (Å²) in [5, 5.41) is 0.916. The lowest BCUT2D eigenvalue weighted by atomic mass is 10.2. The first-order valence-electron chi connectivity index (χ1n) is 4.59. The molecule has 0 fully saturated rings. The number of rotatable bonds is 2. The SMILES string of the molecule is COC(=O)c1ncoc1-c1nc(C)sc1C. The van der Waals surface area contributed by atoms with Crippen molar-refractivity contribution in [2.75, 3.05) is 7.11 Å². The van der Waals surface area contributed by atoms with E-state index in [2.05, 4.69) is 14.7 Å². The Hall–Kier alpha value is -1.69. The summed E-state index contributed by atoms with van der Waals surface area (Å²) in [4.78, 5) is 20.5. The summed E-state index contributed by atoms with van der Waals surface area (Å²) >= 11 is 1.54. The molecule has 0 aliphatic carbocycles. The number of aryl methyl sites for hydroxylation is 2. The van der Waals surface area contributed by atoms with E-state index < -0.39 is 5.97 Å². The Morgan fingerprint density at radius 3 is 2.81 bits per heavy atom. The van der Waals surface area contributed by atoms with Crippen LogP contribution in [-0.2, 0) is 4.74 Å². The molecule has 5 nitrogen and oxygen atoms in total. The summed E-state index contributed by atoms with van der Waals surface area (Å²) < 4.78 is 9.82. The molecule has 0 spiro atoms. The van der Waals surface area contributed by atoms with E-state index in [-0.39, 0.29) is 5.69 Å². The molecule has 2 aromatic heterocycles. The molecule has 0 bridgehead atoms. The minimum absolute atomic E-state index is 0.163. The molecular formula is C10H10N2O3S. The van der Waals surface area contributed by atoms with Gasteiger partial charge in [0, 0.05) is 4.88 Å². The molecule has 2 heterocycles. The largest absolute Gasteiger partial charge is 0.464 e. The predicted octanol–water partition coefficient (Wildman–Crippen LogP) is 2.20. The third-order valence-corrected chi connectivity index (χ3v) is 2.95. The third-order valence-electron chi connectivity index (χ3n) is 2.06. The number of carbonyl (C=O) groups is 1. The van der Waals surface area contributed by atoms with Crippen LogP contribution < -0.4 is 0 Å². The first-order valence-corrected chi connectivity index (χ1v) is 5.41. The Kier molecular flexibility index (Phi) is 2.74. The van der Waals surface area contributed by atoms with Crippen LogP contribution in [0.3, 0.4) is 0 Å². The molecule has 6 heteroatoms. The van der Waals surface area contributed by atoms with Gasteiger partial charge < -0.3 is 9.15 Å². The number of carbonyl (C=O) groups excluding carboxylic acids is 1. The van der Waals surface area contributed by atoms with Gasteiger partial charge in [-0.15, -0.1) is 11.3 Å². The van der Waals surface area contributed by atoms with Crippen LogP contribution >= 0.6 is 11.3 Å². The van der Waals surface area contributed by atoms with Crippen molar-refractivity contribution in [1.82, 2.24) is 9.97 Å². The van der Waals surface area contributed by atoms with Crippen LogP contribution in [0.2, 0.25) is 0 Å². The Bertz CT molecular complexity index is 530. The number of esters is 1. The zero-order valence-electron chi connectivity index (χ0n) is 9.10. The van der Waals surface area contributed by atoms with Crippen molar-refractivity contribution in [3.63, 3.8) is 0 Å². The summed E-state index contributed by atoms with van der Waals surface area (Å²) in [5.74, 6) is -0.150. The van der Waals surface area contributed by atoms with Gasteiger partial charge in [0.1, 0.15) is 5.69 Å². The lowest BCUT2D eigenvalue weighted by Gasteiger charge is -1.97. The summed E-state index contributed by atoms with van der Waals surface area (Å²) in [6, 6.07) is 0. The van der Waals surface area contributed by atoms with Gasteiger partial charge in [-0.25, -0.2) is 14.8 Å². The molecule has 2 aromatic rings. The number of nitrogens with zero attached hydrogens (tertiary/aromatic N) is 2. The van der Waals surface area contributed by atoms with Gasteiger partial charge in [-0.05, 0) is 13.8 Å². The van der Waals surface area contributed by atoms with E-state index in [0.717, 1.165) is 9.88 Å². The second kappa shape index (κ2) is 4.05. The fourth-order valence-electron chi connectivity index (χ4n) is 1.40. The maximum atomic E-state index is 11.4. The number of hydrogen-bond acceptors (Lipinski definition) is 6. The summed E-state index contributed by atoms with van der Waals surface area (Å²) in [6.45, 7) is 3.82. The number of thiazole rings is 1. The van der Waals surface area contributed by atoms with Crippen LogP contribution in [0, 0.1) is 13.8 Å². The van der Waals surface area contributed by atoms with Gasteiger partial charge in [0.2, 0.25) is 0 Å². The van der Waals surface area contributed by atoms with Gasteiger partial charge in [0.25, 0.3) is 0 Å². The lowest BCUT2D eigenvalue weighted by Crippen LogP contribution is -2.03. The van der Waals surface area contributed by atoms with Crippen molar-refractivity contribution >= 4 is 17.3 Å². The number of hydrogen-bond donors (Lipinski definition) is 0. The molecule has 0 saturated heterocycles. The summed E-state index contributed by atoms with van der Waals surface area (Å²) in [5.41, 5.74) is 0.816. The van der Waals surface area contributed by atoms with Crippen LogP contribution in [0.1, 0.15) is 20.4 Å². The van der Waals surface area contributed by atoms with Crippen molar-refractivity contribution < 1.29 is 13.9 Å². The van der Waals surface area contributed by atoms with Crippen LogP contribution in [0.25, 0.3) is 11.5 Å². The maximum Gasteiger partial charge on any atom is 0.360 e. The molecule has 0 unspecified atom stereocenters. The summed E-state index contributed by atoms with van der Waals surface area (Å²) in [7, 11) is 1.31. The van der Waals surface area contributed by atoms with Crippen LogP contribution in [0.4, 0.5) is 0 Å². The van der Waals surface area contributed by atoms with E-state index in [1.54, 1.807) is 11.3 Å². The first-order chi connectivity index (χ1) is 7.63. The van der Waals surface area contributed by atoms with E-state index in [0.29, 0.717) is 11.5 Å². The lowest BCUT2D eigenvalue weighted by molar-refractivity contribution is 0.0595. The Morgan fingerprint density at radius 1 is 1.50 bits per heavy atom. The van der Waals surface area contributed by atoms with Gasteiger partial charge in [-0.3, -0.25) is 0 Å². The van der Waals surface area contributed by atoms with Crippen molar-refractivity contribution in [2.45, 2.75) is 13.8 Å². The van der Waals surface area contributed by atoms with Crippen molar-refractivity contribution in [3.8, 4) is 11.5 Å². The third kappa shape index (κ3) is 1.71. The zero-order chi connectivity index (χ0) is 11.7. The second-order valence-electron chi connectivity index (χ2n) is 3.16. The highest BCUT2D eigenvalue weighted by Gasteiger charge is 2.22. The van der Waals surface area contributed by atoms with Gasteiger partial charge in [-0.1, -0.05) is 0 Å².